The molecule has 1 saturated carbocycles. The van der Waals surface area contributed by atoms with E-state index >= 15 is 0 Å². The highest BCUT2D eigenvalue weighted by atomic mass is 15.3. The second-order valence-electron chi connectivity index (χ2n) is 6.37. The first-order valence-corrected chi connectivity index (χ1v) is 7.51. The Bertz CT molecular complexity index is 596. The monoisotopic (exact) mass is 272 g/mol. The summed E-state index contributed by atoms with van der Waals surface area (Å²) < 4.78 is 1.97. The summed E-state index contributed by atoms with van der Waals surface area (Å²) in [7, 11) is 2.01. The molecule has 4 nitrogen and oxygen atoms in total. The molecule has 20 heavy (non-hydrogen) atoms. The number of hydrogen-bond acceptors (Lipinski definition) is 3. The maximum Gasteiger partial charge on any atom is 0.0719 e. The summed E-state index contributed by atoms with van der Waals surface area (Å²) >= 11 is 0. The van der Waals surface area contributed by atoms with E-state index in [1.165, 1.54) is 36.6 Å². The predicted octanol–water partition coefficient (Wildman–Crippen LogP) is 2.53. The third-order valence-corrected chi connectivity index (χ3v) is 5.02. The molecule has 1 aromatic carbocycles. The molecule has 0 aliphatic heterocycles. The van der Waals surface area contributed by atoms with Crippen molar-refractivity contribution in [2.24, 2.45) is 18.3 Å². The number of aromatic nitrogens is 2. The van der Waals surface area contributed by atoms with Gasteiger partial charge in [-0.1, -0.05) is 38.0 Å². The minimum atomic E-state index is 0.295. The van der Waals surface area contributed by atoms with Crippen molar-refractivity contribution in [1.29, 1.82) is 0 Å². The second-order valence-corrected chi connectivity index (χ2v) is 6.37. The van der Waals surface area contributed by atoms with Gasteiger partial charge in [-0.3, -0.25) is 16.0 Å². The molecule has 0 bridgehead atoms. The van der Waals surface area contributed by atoms with Gasteiger partial charge in [0, 0.05) is 24.9 Å². The van der Waals surface area contributed by atoms with Gasteiger partial charge < -0.3 is 0 Å². The average Bonchev–Trinajstić information content (AvgIpc) is 3.02. The molecule has 1 heterocycles. The van der Waals surface area contributed by atoms with E-state index in [1.54, 1.807) is 0 Å². The highest BCUT2D eigenvalue weighted by Gasteiger charge is 2.37. The van der Waals surface area contributed by atoms with Crippen LogP contribution in [-0.4, -0.2) is 15.8 Å². The van der Waals surface area contributed by atoms with E-state index < -0.39 is 0 Å². The zero-order valence-corrected chi connectivity index (χ0v) is 12.4. The van der Waals surface area contributed by atoms with Crippen LogP contribution in [0.2, 0.25) is 0 Å². The molecule has 4 heteroatoms. The van der Waals surface area contributed by atoms with Crippen molar-refractivity contribution in [2.45, 2.75) is 45.1 Å². The molecule has 1 aliphatic carbocycles. The summed E-state index contributed by atoms with van der Waals surface area (Å²) in [5.41, 5.74) is 5.70. The molecular weight excluding hydrogens is 248 g/mol. The van der Waals surface area contributed by atoms with Gasteiger partial charge in [0.25, 0.3) is 0 Å². The molecule has 1 unspecified atom stereocenters. The van der Waals surface area contributed by atoms with Crippen LogP contribution in [0.5, 0.6) is 0 Å². The number of nitrogens with zero attached hydrogens (tertiary/aromatic N) is 2. The Labute approximate surface area is 120 Å². The lowest BCUT2D eigenvalue weighted by Gasteiger charge is -2.33. The summed E-state index contributed by atoms with van der Waals surface area (Å²) in [4.78, 5) is 0. The average molecular weight is 272 g/mol. The number of hydrazine groups is 1. The van der Waals surface area contributed by atoms with Crippen molar-refractivity contribution >= 4 is 10.9 Å². The highest BCUT2D eigenvalue weighted by molar-refractivity contribution is 5.81. The number of fused-ring (bicyclic) bond motifs is 1. The van der Waals surface area contributed by atoms with Gasteiger partial charge >= 0.3 is 0 Å². The van der Waals surface area contributed by atoms with Crippen molar-refractivity contribution in [3.63, 3.8) is 0 Å². The number of hydrogen-bond donors (Lipinski definition) is 2. The maximum absolute atomic E-state index is 5.85. The van der Waals surface area contributed by atoms with Crippen LogP contribution < -0.4 is 11.3 Å². The van der Waals surface area contributed by atoms with E-state index in [2.05, 4.69) is 36.6 Å². The standard InChI is InChI=1S/C16H24N4/c1-16(9-5-6-10-16)15(18-17)11-13-12-7-3-4-8-14(12)20(2)19-13/h3-4,7-8,15,18H,5-6,9-11,17H2,1-2H3. The first-order valence-electron chi connectivity index (χ1n) is 7.51. The quantitative estimate of drug-likeness (QED) is 0.664. The van der Waals surface area contributed by atoms with Crippen LogP contribution in [0, 0.1) is 5.41 Å². The zero-order chi connectivity index (χ0) is 14.2. The third-order valence-electron chi connectivity index (χ3n) is 5.02. The Hall–Kier alpha value is -1.39. The summed E-state index contributed by atoms with van der Waals surface area (Å²) in [6, 6.07) is 8.71. The predicted molar refractivity (Wildman–Crippen MR) is 82.1 cm³/mol. The summed E-state index contributed by atoms with van der Waals surface area (Å²) in [6.07, 6.45) is 6.04. The number of para-hydroxylation sites is 1. The van der Waals surface area contributed by atoms with Crippen molar-refractivity contribution < 1.29 is 0 Å². The van der Waals surface area contributed by atoms with Crippen LogP contribution in [0.1, 0.15) is 38.3 Å². The SMILES string of the molecule is Cn1nc(CC(NN)C2(C)CCCC2)c2ccccc21. The van der Waals surface area contributed by atoms with Crippen LogP contribution in [0.15, 0.2) is 24.3 Å². The molecule has 0 radical (unpaired) electrons. The minimum absolute atomic E-state index is 0.295. The van der Waals surface area contributed by atoms with E-state index in [1.807, 2.05) is 11.7 Å². The van der Waals surface area contributed by atoms with E-state index in [4.69, 9.17) is 10.9 Å². The smallest absolute Gasteiger partial charge is 0.0719 e. The zero-order valence-electron chi connectivity index (χ0n) is 12.4. The second kappa shape index (κ2) is 5.19. The maximum atomic E-state index is 5.85. The molecular formula is C16H24N4. The topological polar surface area (TPSA) is 55.9 Å². The van der Waals surface area contributed by atoms with Crippen LogP contribution in [0.4, 0.5) is 0 Å². The van der Waals surface area contributed by atoms with E-state index in [9.17, 15) is 0 Å². The molecule has 2 aromatic rings. The van der Waals surface area contributed by atoms with E-state index in [-0.39, 0.29) is 0 Å². The summed E-state index contributed by atoms with van der Waals surface area (Å²) in [5, 5.41) is 5.95. The first kappa shape index (κ1) is 13.6. The summed E-state index contributed by atoms with van der Waals surface area (Å²) in [5.74, 6) is 5.85. The van der Waals surface area contributed by atoms with Crippen molar-refractivity contribution in [3.05, 3.63) is 30.0 Å². The van der Waals surface area contributed by atoms with Gasteiger partial charge in [-0.05, 0) is 24.3 Å². The molecule has 1 fully saturated rings. The van der Waals surface area contributed by atoms with Gasteiger partial charge in [-0.15, -0.1) is 0 Å². The number of nitrogens with two attached hydrogens (primary N) is 1. The number of nitrogens with one attached hydrogen (secondary N) is 1. The van der Waals surface area contributed by atoms with Gasteiger partial charge in [-0.25, -0.2) is 0 Å². The molecule has 3 rings (SSSR count). The lowest BCUT2D eigenvalue weighted by molar-refractivity contribution is 0.220. The molecule has 0 spiro atoms. The van der Waals surface area contributed by atoms with Crippen LogP contribution >= 0.6 is 0 Å². The molecule has 3 N–H and O–H groups in total. The van der Waals surface area contributed by atoms with E-state index in [0.717, 1.165) is 12.1 Å². The van der Waals surface area contributed by atoms with Crippen LogP contribution in [-0.2, 0) is 13.5 Å². The van der Waals surface area contributed by atoms with Crippen molar-refractivity contribution in [2.75, 3.05) is 0 Å². The Morgan fingerprint density at radius 3 is 2.75 bits per heavy atom. The Morgan fingerprint density at radius 2 is 2.05 bits per heavy atom. The van der Waals surface area contributed by atoms with Gasteiger partial charge in [0.2, 0.25) is 0 Å². The molecule has 0 amide bonds. The Morgan fingerprint density at radius 1 is 1.35 bits per heavy atom. The van der Waals surface area contributed by atoms with Crippen molar-refractivity contribution in [3.8, 4) is 0 Å². The fraction of sp³-hybridized carbons (Fsp3) is 0.562. The lowest BCUT2D eigenvalue weighted by Crippen LogP contribution is -2.47. The molecule has 1 aliphatic rings. The highest BCUT2D eigenvalue weighted by Crippen LogP contribution is 2.41. The fourth-order valence-electron chi connectivity index (χ4n) is 3.67. The van der Waals surface area contributed by atoms with Crippen LogP contribution in [0.25, 0.3) is 10.9 Å². The van der Waals surface area contributed by atoms with Gasteiger partial charge in [0.15, 0.2) is 0 Å². The van der Waals surface area contributed by atoms with E-state index in [0.29, 0.717) is 11.5 Å². The Kier molecular flexibility index (Phi) is 3.52. The lowest BCUT2D eigenvalue weighted by atomic mass is 9.78. The minimum Gasteiger partial charge on any atom is -0.271 e. The normalized spacial score (nSPS) is 19.6. The molecule has 0 saturated heterocycles. The molecule has 1 aromatic heterocycles. The summed E-state index contributed by atoms with van der Waals surface area (Å²) in [6.45, 7) is 2.36. The van der Waals surface area contributed by atoms with Gasteiger partial charge in [0.1, 0.15) is 0 Å². The van der Waals surface area contributed by atoms with Crippen LogP contribution in [0.3, 0.4) is 0 Å². The Balaban J connectivity index is 1.91. The number of benzene rings is 1. The largest absolute Gasteiger partial charge is 0.271 e. The van der Waals surface area contributed by atoms with Crippen molar-refractivity contribution in [1.82, 2.24) is 15.2 Å². The van der Waals surface area contributed by atoms with Gasteiger partial charge in [-0.2, -0.15) is 5.10 Å². The number of rotatable bonds is 4. The molecule has 1 atom stereocenters. The number of aryl methyl sites for hydroxylation is 1. The third kappa shape index (κ3) is 2.23. The van der Waals surface area contributed by atoms with Gasteiger partial charge in [0.05, 0.1) is 11.2 Å². The molecule has 108 valence electrons. The fourth-order valence-corrected chi connectivity index (χ4v) is 3.67. The first-order chi connectivity index (χ1) is 9.64.